The van der Waals surface area contributed by atoms with Crippen molar-refractivity contribution in [1.82, 2.24) is 0 Å². The number of hydrogen-bond donors (Lipinski definition) is 3. The molecule has 1 aromatic carbocycles. The van der Waals surface area contributed by atoms with Crippen LogP contribution in [0.5, 0.6) is 0 Å². The van der Waals surface area contributed by atoms with E-state index in [9.17, 15) is 20.1 Å². The predicted octanol–water partition coefficient (Wildman–Crippen LogP) is 5.52. The fourth-order valence-corrected chi connectivity index (χ4v) is 4.90. The van der Waals surface area contributed by atoms with Crippen LogP contribution >= 0.6 is 0 Å². The van der Waals surface area contributed by atoms with Crippen LogP contribution in [-0.4, -0.2) is 40.6 Å². The molecule has 0 aliphatic heterocycles. The maximum atomic E-state index is 11.2. The average molecular weight is 471 g/mol. The Morgan fingerprint density at radius 2 is 1.71 bits per heavy atom. The van der Waals surface area contributed by atoms with Crippen molar-refractivity contribution < 1.29 is 24.9 Å². The highest BCUT2D eigenvalue weighted by Crippen LogP contribution is 2.40. The first-order valence-corrected chi connectivity index (χ1v) is 12.6. The molecule has 1 aliphatic rings. The number of hydrogen-bond acceptors (Lipinski definition) is 5. The predicted molar refractivity (Wildman–Crippen MR) is 137 cm³/mol. The van der Waals surface area contributed by atoms with Crippen LogP contribution in [0.1, 0.15) is 81.9 Å². The number of methoxy groups -OCH3 is 1. The second-order valence-electron chi connectivity index (χ2n) is 9.35. The summed E-state index contributed by atoms with van der Waals surface area (Å²) in [5.74, 6) is -0.123. The van der Waals surface area contributed by atoms with Crippen LogP contribution in [0, 0.1) is 11.8 Å². The van der Waals surface area contributed by atoms with Gasteiger partial charge in [0.25, 0.3) is 0 Å². The molecule has 0 saturated heterocycles. The van der Waals surface area contributed by atoms with Crippen LogP contribution in [0.3, 0.4) is 0 Å². The number of ether oxygens (including phenoxy) is 1. The fraction of sp³-hybridized carbons (Fsp3) is 0.552. The van der Waals surface area contributed by atoms with Gasteiger partial charge in [0.15, 0.2) is 0 Å². The molecular weight excluding hydrogens is 428 g/mol. The van der Waals surface area contributed by atoms with E-state index in [1.165, 1.54) is 7.11 Å². The standard InChI is InChI=1S/C29H42O5/c1-4-5-8-11-21(2)22-14-16-23(17-15-22)26(30)19-18-25-24(27(31)20-28(25)32)12-9-6-7-10-13-29(33)34-3/h4-5,8,11,14-17,24-28,30-32H,2,6-7,9-10,12-13,18-20H2,1,3H3/b5-4-,11-8-/t24-,25-,26?,27+,28-/m1/s1. The van der Waals surface area contributed by atoms with Crippen molar-refractivity contribution in [3.05, 3.63) is 66.3 Å². The first kappa shape index (κ1) is 28.0. The molecule has 0 radical (unpaired) electrons. The van der Waals surface area contributed by atoms with E-state index >= 15 is 0 Å². The third kappa shape index (κ3) is 8.86. The lowest BCUT2D eigenvalue weighted by atomic mass is 9.84. The van der Waals surface area contributed by atoms with Crippen LogP contribution < -0.4 is 0 Å². The summed E-state index contributed by atoms with van der Waals surface area (Å²) >= 11 is 0. The molecule has 1 aromatic rings. The number of allylic oxidation sites excluding steroid dienone is 5. The molecule has 0 aromatic heterocycles. The van der Waals surface area contributed by atoms with Crippen molar-refractivity contribution in [2.75, 3.05) is 7.11 Å². The molecule has 2 rings (SSSR count). The van der Waals surface area contributed by atoms with Gasteiger partial charge in [-0.25, -0.2) is 0 Å². The normalized spacial score (nSPS) is 23.6. The molecule has 0 spiro atoms. The molecule has 1 unspecified atom stereocenters. The van der Waals surface area contributed by atoms with Crippen molar-refractivity contribution in [2.24, 2.45) is 11.8 Å². The summed E-state index contributed by atoms with van der Waals surface area (Å²) in [4.78, 5) is 11.2. The number of aliphatic hydroxyl groups excluding tert-OH is 3. The molecule has 1 fully saturated rings. The zero-order valence-corrected chi connectivity index (χ0v) is 20.7. The van der Waals surface area contributed by atoms with E-state index in [4.69, 9.17) is 0 Å². The quantitative estimate of drug-likeness (QED) is 0.189. The number of rotatable bonds is 14. The Morgan fingerprint density at radius 1 is 1.06 bits per heavy atom. The summed E-state index contributed by atoms with van der Waals surface area (Å²) in [7, 11) is 1.41. The lowest BCUT2D eigenvalue weighted by molar-refractivity contribution is -0.140. The van der Waals surface area contributed by atoms with Crippen molar-refractivity contribution in [2.45, 2.75) is 83.0 Å². The molecule has 5 atom stereocenters. The Balaban J connectivity index is 1.82. The molecule has 0 bridgehead atoms. The first-order chi connectivity index (χ1) is 16.4. The largest absolute Gasteiger partial charge is 0.469 e. The Kier molecular flexibility index (Phi) is 12.3. The molecule has 1 aliphatic carbocycles. The lowest BCUT2D eigenvalue weighted by Crippen LogP contribution is -2.23. The molecule has 1 saturated carbocycles. The highest BCUT2D eigenvalue weighted by Gasteiger charge is 2.40. The zero-order chi connectivity index (χ0) is 24.9. The van der Waals surface area contributed by atoms with Gasteiger partial charge in [0.1, 0.15) is 0 Å². The van der Waals surface area contributed by atoms with E-state index in [1.807, 2.05) is 55.5 Å². The first-order valence-electron chi connectivity index (χ1n) is 12.6. The Morgan fingerprint density at radius 3 is 2.35 bits per heavy atom. The van der Waals surface area contributed by atoms with E-state index in [0.717, 1.165) is 48.8 Å². The number of aliphatic hydroxyl groups is 3. The van der Waals surface area contributed by atoms with E-state index in [1.54, 1.807) is 0 Å². The molecule has 5 heteroatoms. The van der Waals surface area contributed by atoms with Gasteiger partial charge in [-0.1, -0.05) is 74.4 Å². The average Bonchev–Trinajstić information content (AvgIpc) is 3.11. The van der Waals surface area contributed by atoms with Crippen molar-refractivity contribution >= 4 is 11.5 Å². The SMILES string of the molecule is C=C(/C=C\C=C/C)c1ccc(C(O)CC[C@@H]2[C@@H](CCCCCCC(=O)OC)[C@@H](O)C[C@H]2O)cc1. The number of carbonyl (C=O) groups excluding carboxylic acids is 1. The van der Waals surface area contributed by atoms with E-state index in [-0.39, 0.29) is 17.8 Å². The summed E-state index contributed by atoms with van der Waals surface area (Å²) in [6.45, 7) is 6.05. The van der Waals surface area contributed by atoms with E-state index < -0.39 is 18.3 Å². The van der Waals surface area contributed by atoms with Crippen LogP contribution in [-0.2, 0) is 9.53 Å². The van der Waals surface area contributed by atoms with Crippen LogP contribution in [0.25, 0.3) is 5.57 Å². The summed E-state index contributed by atoms with van der Waals surface area (Å²) in [5.41, 5.74) is 2.78. The maximum Gasteiger partial charge on any atom is 0.305 e. The van der Waals surface area contributed by atoms with Crippen molar-refractivity contribution in [3.63, 3.8) is 0 Å². The molecule has 3 N–H and O–H groups in total. The number of benzene rings is 1. The van der Waals surface area contributed by atoms with Gasteiger partial charge in [-0.2, -0.15) is 0 Å². The monoisotopic (exact) mass is 470 g/mol. The number of unbranched alkanes of at least 4 members (excludes halogenated alkanes) is 3. The fourth-order valence-electron chi connectivity index (χ4n) is 4.90. The van der Waals surface area contributed by atoms with Crippen LogP contribution in [0.4, 0.5) is 0 Å². The molecular formula is C29H42O5. The highest BCUT2D eigenvalue weighted by molar-refractivity contribution is 5.72. The van der Waals surface area contributed by atoms with E-state index in [2.05, 4.69) is 11.3 Å². The van der Waals surface area contributed by atoms with Gasteiger partial charge in [-0.15, -0.1) is 0 Å². The van der Waals surface area contributed by atoms with Crippen molar-refractivity contribution in [3.8, 4) is 0 Å². The molecule has 5 nitrogen and oxygen atoms in total. The number of carbonyl (C=O) groups is 1. The minimum atomic E-state index is -0.607. The third-order valence-electron chi connectivity index (χ3n) is 6.96. The van der Waals surface area contributed by atoms with Gasteiger partial charge < -0.3 is 20.1 Å². The molecule has 0 heterocycles. The third-order valence-corrected chi connectivity index (χ3v) is 6.96. The topological polar surface area (TPSA) is 87.0 Å². The lowest BCUT2D eigenvalue weighted by Gasteiger charge is -2.25. The summed E-state index contributed by atoms with van der Waals surface area (Å²) in [6, 6.07) is 7.80. The molecule has 0 amide bonds. The van der Waals surface area contributed by atoms with Crippen LogP contribution in [0.15, 0.2) is 55.1 Å². The van der Waals surface area contributed by atoms with Gasteiger partial charge in [0, 0.05) is 6.42 Å². The second-order valence-corrected chi connectivity index (χ2v) is 9.35. The van der Waals surface area contributed by atoms with Crippen LogP contribution in [0.2, 0.25) is 0 Å². The summed E-state index contributed by atoms with van der Waals surface area (Å²) in [6.07, 6.45) is 12.9. The smallest absolute Gasteiger partial charge is 0.305 e. The second kappa shape index (κ2) is 14.9. The minimum Gasteiger partial charge on any atom is -0.469 e. The minimum absolute atomic E-state index is 0.00414. The molecule has 34 heavy (non-hydrogen) atoms. The Labute approximate surface area is 204 Å². The van der Waals surface area contributed by atoms with E-state index in [0.29, 0.717) is 25.7 Å². The van der Waals surface area contributed by atoms with Crippen molar-refractivity contribution in [1.29, 1.82) is 0 Å². The Bertz CT molecular complexity index is 810. The summed E-state index contributed by atoms with van der Waals surface area (Å²) in [5, 5.41) is 31.7. The Hall–Kier alpha value is -2.21. The molecule has 188 valence electrons. The zero-order valence-electron chi connectivity index (χ0n) is 20.7. The highest BCUT2D eigenvalue weighted by atomic mass is 16.5. The number of esters is 1. The van der Waals surface area contributed by atoms with Gasteiger partial charge in [0.2, 0.25) is 0 Å². The van der Waals surface area contributed by atoms with Gasteiger partial charge >= 0.3 is 5.97 Å². The maximum absolute atomic E-state index is 11.2. The van der Waals surface area contributed by atoms with Gasteiger partial charge in [-0.05, 0) is 67.6 Å². The van der Waals surface area contributed by atoms with Gasteiger partial charge in [-0.3, -0.25) is 4.79 Å². The van der Waals surface area contributed by atoms with Gasteiger partial charge in [0.05, 0.1) is 25.4 Å². The summed E-state index contributed by atoms with van der Waals surface area (Å²) < 4.78 is 4.66.